The summed E-state index contributed by atoms with van der Waals surface area (Å²) in [6, 6.07) is 7.40. The lowest BCUT2D eigenvalue weighted by atomic mass is 9.89. The van der Waals surface area contributed by atoms with Crippen molar-refractivity contribution >= 4 is 23.6 Å². The largest absolute Gasteiger partial charge is 0.346 e. The number of carbonyl (C=O) groups is 2. The highest BCUT2D eigenvalue weighted by Crippen LogP contribution is 2.42. The Hall–Kier alpha value is -2.46. The summed E-state index contributed by atoms with van der Waals surface area (Å²) in [5.41, 5.74) is 1.18. The number of isocyanates is 1. The predicted octanol–water partition coefficient (Wildman–Crippen LogP) is 1.25. The van der Waals surface area contributed by atoms with Gasteiger partial charge in [-0.25, -0.2) is 4.79 Å². The predicted molar refractivity (Wildman–Crippen MR) is 80.1 cm³/mol. The number of hydrogen-bond donors (Lipinski definition) is 1. The quantitative estimate of drug-likeness (QED) is 0.518. The van der Waals surface area contributed by atoms with Gasteiger partial charge in [0.25, 0.3) is 0 Å². The molecule has 1 aromatic rings. The van der Waals surface area contributed by atoms with Gasteiger partial charge in [-0.05, 0) is 30.5 Å². The molecule has 1 saturated heterocycles. The second kappa shape index (κ2) is 5.73. The first-order valence-electron chi connectivity index (χ1n) is 7.46. The summed E-state index contributed by atoms with van der Waals surface area (Å²) in [7, 11) is 0. The first-order chi connectivity index (χ1) is 10.7. The van der Waals surface area contributed by atoms with Crippen LogP contribution in [0.1, 0.15) is 31.2 Å². The average Bonchev–Trinajstić information content (AvgIpc) is 3.00. The van der Waals surface area contributed by atoms with E-state index >= 15 is 0 Å². The van der Waals surface area contributed by atoms with Crippen LogP contribution in [0.25, 0.3) is 0 Å². The molecule has 0 atom stereocenters. The Bertz CT molecular complexity index is 641. The van der Waals surface area contributed by atoms with Gasteiger partial charge in [0.1, 0.15) is 0 Å². The lowest BCUT2D eigenvalue weighted by Gasteiger charge is -2.28. The number of piperazine rings is 1. The van der Waals surface area contributed by atoms with Gasteiger partial charge in [0.05, 0.1) is 5.54 Å². The number of carbonyl (C=O) groups excluding carboxylic acids is 3. The van der Waals surface area contributed by atoms with E-state index in [0.717, 1.165) is 31.2 Å². The van der Waals surface area contributed by atoms with Crippen LogP contribution in [0, 0.1) is 0 Å². The van der Waals surface area contributed by atoms with Gasteiger partial charge in [-0.15, -0.1) is 0 Å². The molecule has 2 fully saturated rings. The maximum absolute atomic E-state index is 11.9. The number of hydrogen-bond acceptors (Lipinski definition) is 4. The maximum Gasteiger partial charge on any atom is 0.316 e. The molecule has 1 heterocycles. The molecule has 1 N–H and O–H groups in total. The normalized spacial score (nSPS) is 20.5. The molecule has 1 aliphatic heterocycles. The number of nitrogens with one attached hydrogen (secondary N) is 1. The van der Waals surface area contributed by atoms with Gasteiger partial charge < -0.3 is 10.2 Å². The molecule has 1 aromatic carbocycles. The molecule has 0 aromatic heterocycles. The zero-order chi connectivity index (χ0) is 15.6. The minimum atomic E-state index is -0.576. The van der Waals surface area contributed by atoms with Crippen molar-refractivity contribution in [2.75, 3.05) is 18.0 Å². The summed E-state index contributed by atoms with van der Waals surface area (Å²) in [6.07, 6.45) is 5.46. The Morgan fingerprint density at radius 3 is 2.45 bits per heavy atom. The fraction of sp³-hybridized carbons (Fsp3) is 0.438. The van der Waals surface area contributed by atoms with Gasteiger partial charge in [-0.1, -0.05) is 25.0 Å². The number of rotatable bonds is 3. The van der Waals surface area contributed by atoms with Crippen molar-refractivity contribution in [2.45, 2.75) is 31.2 Å². The minimum Gasteiger partial charge on any atom is -0.346 e. The second-order valence-electron chi connectivity index (χ2n) is 5.70. The lowest BCUT2D eigenvalue weighted by Crippen LogP contribution is -2.52. The van der Waals surface area contributed by atoms with E-state index in [0.29, 0.717) is 18.8 Å². The monoisotopic (exact) mass is 299 g/mol. The third-order valence-electron chi connectivity index (χ3n) is 4.47. The van der Waals surface area contributed by atoms with Gasteiger partial charge in [0.15, 0.2) is 0 Å². The van der Waals surface area contributed by atoms with E-state index < -0.39 is 17.4 Å². The summed E-state index contributed by atoms with van der Waals surface area (Å²) in [6.45, 7) is 0.910. The molecule has 0 radical (unpaired) electrons. The summed E-state index contributed by atoms with van der Waals surface area (Å²) in [5.74, 6) is -1.12. The van der Waals surface area contributed by atoms with Crippen LogP contribution < -0.4 is 10.2 Å². The smallest absolute Gasteiger partial charge is 0.316 e. The molecule has 114 valence electrons. The van der Waals surface area contributed by atoms with E-state index in [-0.39, 0.29) is 0 Å². The molecule has 2 aliphatic rings. The highest BCUT2D eigenvalue weighted by atomic mass is 16.2. The van der Waals surface area contributed by atoms with Crippen molar-refractivity contribution in [3.63, 3.8) is 0 Å². The minimum absolute atomic E-state index is 0.450. The van der Waals surface area contributed by atoms with Crippen LogP contribution in [0.3, 0.4) is 0 Å². The topological polar surface area (TPSA) is 78.8 Å². The van der Waals surface area contributed by atoms with Crippen LogP contribution in [-0.2, 0) is 19.9 Å². The number of amides is 2. The maximum atomic E-state index is 11.9. The molecule has 2 amide bonds. The molecular weight excluding hydrogens is 282 g/mol. The number of nitrogens with zero attached hydrogens (tertiary/aromatic N) is 2. The number of aliphatic imine (C=N–C) groups is 1. The second-order valence-corrected chi connectivity index (χ2v) is 5.70. The highest BCUT2D eigenvalue weighted by molar-refractivity contribution is 6.41. The van der Waals surface area contributed by atoms with Crippen molar-refractivity contribution in [1.82, 2.24) is 5.32 Å². The van der Waals surface area contributed by atoms with Crippen LogP contribution in [-0.4, -0.2) is 31.0 Å². The molecule has 6 nitrogen and oxygen atoms in total. The Morgan fingerprint density at radius 2 is 1.82 bits per heavy atom. The standard InChI is InChI=1S/C16H17N3O3/c20-11-18-16(7-1-2-8-16)12-3-5-13(6-4-12)19-10-9-17-14(21)15(19)22/h3-6H,1-2,7-10H2,(H,17,21). The van der Waals surface area contributed by atoms with Crippen LogP contribution in [0.2, 0.25) is 0 Å². The van der Waals surface area contributed by atoms with Crippen molar-refractivity contribution in [2.24, 2.45) is 4.99 Å². The van der Waals surface area contributed by atoms with Crippen molar-refractivity contribution in [3.05, 3.63) is 29.8 Å². The van der Waals surface area contributed by atoms with Gasteiger partial charge in [0, 0.05) is 18.8 Å². The fourth-order valence-electron chi connectivity index (χ4n) is 3.29. The molecule has 1 saturated carbocycles. The Labute approximate surface area is 128 Å². The third-order valence-corrected chi connectivity index (χ3v) is 4.47. The molecule has 1 aliphatic carbocycles. The summed E-state index contributed by atoms with van der Waals surface area (Å²) in [5, 5.41) is 2.52. The zero-order valence-corrected chi connectivity index (χ0v) is 12.2. The van der Waals surface area contributed by atoms with E-state index in [1.165, 1.54) is 4.90 Å². The lowest BCUT2D eigenvalue weighted by molar-refractivity contribution is -0.138. The zero-order valence-electron chi connectivity index (χ0n) is 12.2. The average molecular weight is 299 g/mol. The molecular formula is C16H17N3O3. The molecule has 0 unspecified atom stereocenters. The van der Waals surface area contributed by atoms with Gasteiger partial charge in [-0.3, -0.25) is 9.59 Å². The van der Waals surface area contributed by atoms with Crippen molar-refractivity contribution in [3.8, 4) is 0 Å². The Balaban J connectivity index is 1.88. The van der Waals surface area contributed by atoms with Crippen molar-refractivity contribution in [1.29, 1.82) is 0 Å². The Kier molecular flexibility index (Phi) is 3.77. The van der Waals surface area contributed by atoms with E-state index in [1.54, 1.807) is 6.08 Å². The van der Waals surface area contributed by atoms with E-state index in [2.05, 4.69) is 10.3 Å². The van der Waals surface area contributed by atoms with Gasteiger partial charge in [0.2, 0.25) is 6.08 Å². The first kappa shape index (κ1) is 14.5. The van der Waals surface area contributed by atoms with E-state index in [1.807, 2.05) is 24.3 Å². The SMILES string of the molecule is O=C=NC1(c2ccc(N3CCNC(=O)C3=O)cc2)CCCC1. The van der Waals surface area contributed by atoms with Gasteiger partial charge in [-0.2, -0.15) is 4.99 Å². The molecule has 6 heteroatoms. The van der Waals surface area contributed by atoms with E-state index in [9.17, 15) is 14.4 Å². The molecule has 3 rings (SSSR count). The molecule has 0 spiro atoms. The first-order valence-corrected chi connectivity index (χ1v) is 7.46. The summed E-state index contributed by atoms with van der Waals surface area (Å²) in [4.78, 5) is 39.6. The van der Waals surface area contributed by atoms with Crippen LogP contribution in [0.4, 0.5) is 5.69 Å². The van der Waals surface area contributed by atoms with Gasteiger partial charge >= 0.3 is 11.8 Å². The van der Waals surface area contributed by atoms with Crippen LogP contribution >= 0.6 is 0 Å². The van der Waals surface area contributed by atoms with E-state index in [4.69, 9.17) is 0 Å². The molecule has 22 heavy (non-hydrogen) atoms. The van der Waals surface area contributed by atoms with Crippen molar-refractivity contribution < 1.29 is 14.4 Å². The highest BCUT2D eigenvalue weighted by Gasteiger charge is 2.36. The van der Waals surface area contributed by atoms with Crippen LogP contribution in [0.5, 0.6) is 0 Å². The third kappa shape index (κ3) is 2.42. The Morgan fingerprint density at radius 1 is 1.14 bits per heavy atom. The summed E-state index contributed by atoms with van der Waals surface area (Å²) < 4.78 is 0. The fourth-order valence-corrected chi connectivity index (χ4v) is 3.29. The number of anilines is 1. The number of benzene rings is 1. The summed E-state index contributed by atoms with van der Waals surface area (Å²) >= 11 is 0. The van der Waals surface area contributed by atoms with Crippen LogP contribution in [0.15, 0.2) is 29.3 Å². The molecule has 0 bridgehead atoms.